The fraction of sp³-hybridized carbons (Fsp3) is 0.588. The highest BCUT2D eigenvalue weighted by molar-refractivity contribution is 6.21. The summed E-state index contributed by atoms with van der Waals surface area (Å²) in [5.74, 6) is 0.119. The highest BCUT2D eigenvalue weighted by Crippen LogP contribution is 2.53. The van der Waals surface area contributed by atoms with Crippen LogP contribution < -0.4 is 5.32 Å². The van der Waals surface area contributed by atoms with Gasteiger partial charge >= 0.3 is 0 Å². The molecular weight excluding hydrogens is 270 g/mol. The van der Waals surface area contributed by atoms with E-state index in [2.05, 4.69) is 24.4 Å². The molecular formula is C17H22ClNO. The molecule has 3 rings (SSSR count). The highest BCUT2D eigenvalue weighted by atomic mass is 35.5. The van der Waals surface area contributed by atoms with Crippen LogP contribution in [0.2, 0.25) is 0 Å². The first-order chi connectivity index (χ1) is 9.64. The number of benzene rings is 1. The topological polar surface area (TPSA) is 29.1 Å². The number of nitrogens with one attached hydrogen (secondary N) is 1. The molecule has 1 fully saturated rings. The molecule has 1 aliphatic heterocycles. The van der Waals surface area contributed by atoms with E-state index >= 15 is 0 Å². The number of hydrogen-bond donors (Lipinski definition) is 1. The van der Waals surface area contributed by atoms with Gasteiger partial charge in [0.2, 0.25) is 5.91 Å². The Bertz CT molecular complexity index is 520. The minimum Gasteiger partial charge on any atom is -0.326 e. The summed E-state index contributed by atoms with van der Waals surface area (Å²) in [7, 11) is 0. The molecule has 1 aliphatic carbocycles. The van der Waals surface area contributed by atoms with Crippen LogP contribution in [0.5, 0.6) is 0 Å². The van der Waals surface area contributed by atoms with Crippen molar-refractivity contribution in [3.8, 4) is 0 Å². The molecule has 1 aromatic rings. The van der Waals surface area contributed by atoms with E-state index in [-0.39, 0.29) is 16.7 Å². The second-order valence-corrected chi connectivity index (χ2v) is 6.69. The van der Waals surface area contributed by atoms with Gasteiger partial charge in [-0.3, -0.25) is 4.79 Å². The zero-order valence-electron chi connectivity index (χ0n) is 12.0. The van der Waals surface area contributed by atoms with Gasteiger partial charge in [0.25, 0.3) is 0 Å². The molecule has 1 unspecified atom stereocenters. The number of amides is 1. The molecule has 0 bridgehead atoms. The second kappa shape index (κ2) is 5.40. The van der Waals surface area contributed by atoms with Crippen molar-refractivity contribution in [2.24, 2.45) is 5.41 Å². The maximum Gasteiger partial charge on any atom is 0.224 e. The molecule has 1 saturated carbocycles. The van der Waals surface area contributed by atoms with E-state index in [0.29, 0.717) is 6.42 Å². The van der Waals surface area contributed by atoms with Gasteiger partial charge in [0.1, 0.15) is 0 Å². The number of hydrogen-bond acceptors (Lipinski definition) is 1. The van der Waals surface area contributed by atoms with Gasteiger partial charge in [0.05, 0.1) is 5.38 Å². The normalized spacial score (nSPS) is 22.2. The zero-order valence-corrected chi connectivity index (χ0v) is 12.8. The van der Waals surface area contributed by atoms with Crippen molar-refractivity contribution in [1.82, 2.24) is 0 Å². The molecule has 2 aliphatic rings. The van der Waals surface area contributed by atoms with Crippen LogP contribution in [-0.2, 0) is 11.2 Å². The van der Waals surface area contributed by atoms with E-state index in [1.54, 1.807) is 0 Å². The van der Waals surface area contributed by atoms with E-state index in [1.807, 2.05) is 6.07 Å². The monoisotopic (exact) mass is 291 g/mol. The Labute approximate surface area is 125 Å². The van der Waals surface area contributed by atoms with Crippen molar-refractivity contribution in [1.29, 1.82) is 0 Å². The predicted octanol–water partition coefficient (Wildman–Crippen LogP) is 4.82. The lowest BCUT2D eigenvalue weighted by molar-refractivity contribution is -0.116. The predicted molar refractivity (Wildman–Crippen MR) is 83.2 cm³/mol. The standard InChI is InChI=1S/C17H22ClNO/c1-2-17(9-3-4-10-17)16(18)13-5-7-14-12(11-13)6-8-15(20)19-14/h5,7,11,16H,2-4,6,8-10H2,1H3,(H,19,20). The Kier molecular flexibility index (Phi) is 3.76. The Hall–Kier alpha value is -1.02. The molecule has 1 amide bonds. The molecule has 3 heteroatoms. The molecule has 108 valence electrons. The smallest absolute Gasteiger partial charge is 0.224 e. The zero-order chi connectivity index (χ0) is 14.2. The van der Waals surface area contributed by atoms with E-state index in [4.69, 9.17) is 11.6 Å². The van der Waals surface area contributed by atoms with Crippen molar-refractivity contribution >= 4 is 23.2 Å². The molecule has 0 radical (unpaired) electrons. The van der Waals surface area contributed by atoms with Crippen molar-refractivity contribution in [3.05, 3.63) is 29.3 Å². The molecule has 0 spiro atoms. The number of halogens is 1. The number of fused-ring (bicyclic) bond motifs is 1. The third-order valence-corrected chi connectivity index (χ3v) is 5.87. The van der Waals surface area contributed by atoms with Gasteiger partial charge in [0, 0.05) is 12.1 Å². The second-order valence-electron chi connectivity index (χ2n) is 6.25. The van der Waals surface area contributed by atoms with Crippen LogP contribution in [-0.4, -0.2) is 5.91 Å². The lowest BCUT2D eigenvalue weighted by Gasteiger charge is -2.33. The summed E-state index contributed by atoms with van der Waals surface area (Å²) in [6.07, 6.45) is 7.65. The van der Waals surface area contributed by atoms with E-state index in [1.165, 1.54) is 36.8 Å². The quantitative estimate of drug-likeness (QED) is 0.795. The molecule has 1 aromatic carbocycles. The summed E-state index contributed by atoms with van der Waals surface area (Å²) in [4.78, 5) is 11.4. The van der Waals surface area contributed by atoms with Crippen LogP contribution in [0.3, 0.4) is 0 Å². The van der Waals surface area contributed by atoms with Crippen LogP contribution in [0.15, 0.2) is 18.2 Å². The van der Waals surface area contributed by atoms with E-state index in [0.717, 1.165) is 18.5 Å². The summed E-state index contributed by atoms with van der Waals surface area (Å²) < 4.78 is 0. The summed E-state index contributed by atoms with van der Waals surface area (Å²) >= 11 is 6.85. The molecule has 2 nitrogen and oxygen atoms in total. The Balaban J connectivity index is 1.89. The number of anilines is 1. The van der Waals surface area contributed by atoms with Crippen molar-refractivity contribution in [2.45, 2.75) is 57.2 Å². The fourth-order valence-corrected chi connectivity index (χ4v) is 4.29. The summed E-state index contributed by atoms with van der Waals surface area (Å²) in [5, 5.41) is 3.03. The van der Waals surface area contributed by atoms with Crippen LogP contribution >= 0.6 is 11.6 Å². The molecule has 20 heavy (non-hydrogen) atoms. The van der Waals surface area contributed by atoms with Crippen molar-refractivity contribution in [3.63, 3.8) is 0 Å². The maximum atomic E-state index is 11.4. The third-order valence-electron chi connectivity index (χ3n) is 5.16. The third kappa shape index (κ3) is 2.35. The van der Waals surface area contributed by atoms with Crippen molar-refractivity contribution in [2.75, 3.05) is 5.32 Å². The Morgan fingerprint density at radius 3 is 2.75 bits per heavy atom. The van der Waals surface area contributed by atoms with E-state index < -0.39 is 0 Å². The number of carbonyl (C=O) groups is 1. The van der Waals surface area contributed by atoms with Gasteiger partial charge < -0.3 is 5.32 Å². The minimum atomic E-state index is 0.0953. The molecule has 0 saturated heterocycles. The van der Waals surface area contributed by atoms with Gasteiger partial charge in [-0.25, -0.2) is 0 Å². The van der Waals surface area contributed by atoms with Gasteiger partial charge in [-0.2, -0.15) is 0 Å². The van der Waals surface area contributed by atoms with Gasteiger partial charge in [-0.15, -0.1) is 11.6 Å². The van der Waals surface area contributed by atoms with Crippen LogP contribution in [0, 0.1) is 5.41 Å². The summed E-state index contributed by atoms with van der Waals surface area (Å²) in [6, 6.07) is 6.33. The summed E-state index contributed by atoms with van der Waals surface area (Å²) in [5.41, 5.74) is 3.70. The number of alkyl halides is 1. The largest absolute Gasteiger partial charge is 0.326 e. The fourth-order valence-electron chi connectivity index (χ4n) is 3.78. The SMILES string of the molecule is CCC1(C(Cl)c2ccc3c(c2)CCC(=O)N3)CCCC1. The molecule has 1 N–H and O–H groups in total. The van der Waals surface area contributed by atoms with Crippen LogP contribution in [0.1, 0.15) is 62.0 Å². The van der Waals surface area contributed by atoms with Gasteiger partial charge in [-0.1, -0.05) is 31.9 Å². The molecule has 1 atom stereocenters. The minimum absolute atomic E-state index is 0.0953. The first-order valence-electron chi connectivity index (χ1n) is 7.71. The number of rotatable bonds is 3. The van der Waals surface area contributed by atoms with Crippen LogP contribution in [0.4, 0.5) is 5.69 Å². The van der Waals surface area contributed by atoms with Crippen LogP contribution in [0.25, 0.3) is 0 Å². The average Bonchev–Trinajstić information content (AvgIpc) is 2.96. The molecule has 0 aromatic heterocycles. The van der Waals surface area contributed by atoms with E-state index in [9.17, 15) is 4.79 Å². The lowest BCUT2D eigenvalue weighted by Crippen LogP contribution is -2.23. The van der Waals surface area contributed by atoms with Gasteiger partial charge in [-0.05, 0) is 48.3 Å². The average molecular weight is 292 g/mol. The maximum absolute atomic E-state index is 11.4. The first kappa shape index (κ1) is 13.9. The number of carbonyl (C=O) groups excluding carboxylic acids is 1. The lowest BCUT2D eigenvalue weighted by atomic mass is 9.77. The number of aryl methyl sites for hydroxylation is 1. The first-order valence-corrected chi connectivity index (χ1v) is 8.15. The summed E-state index contributed by atoms with van der Waals surface area (Å²) in [6.45, 7) is 2.26. The van der Waals surface area contributed by atoms with Crippen molar-refractivity contribution < 1.29 is 4.79 Å². The highest BCUT2D eigenvalue weighted by Gasteiger charge is 2.39. The Morgan fingerprint density at radius 1 is 1.30 bits per heavy atom. The molecule has 1 heterocycles. The Morgan fingerprint density at radius 2 is 2.05 bits per heavy atom. The van der Waals surface area contributed by atoms with Gasteiger partial charge in [0.15, 0.2) is 0 Å².